The molecular weight excluding hydrogens is 280 g/mol. The van der Waals surface area contributed by atoms with E-state index in [0.717, 1.165) is 5.69 Å². The molecule has 0 aliphatic rings. The third kappa shape index (κ3) is 3.45. The van der Waals surface area contributed by atoms with Gasteiger partial charge in [0.2, 0.25) is 16.0 Å². The molecule has 0 amide bonds. The normalized spacial score (nSPS) is 13.1. The Labute approximate surface area is 116 Å². The number of H-pyrrole nitrogens is 1. The Balaban J connectivity index is 1.97. The van der Waals surface area contributed by atoms with Crippen LogP contribution in [0.4, 0.5) is 11.6 Å². The Morgan fingerprint density at radius 1 is 1.35 bits per heavy atom. The SMILES string of the molecule is CC(CNc1ccc(S(N)(=O)=O)cc1)c1nc(N)n[nH]1. The van der Waals surface area contributed by atoms with Crippen molar-refractivity contribution >= 4 is 21.7 Å². The van der Waals surface area contributed by atoms with Crippen LogP contribution >= 0.6 is 0 Å². The molecule has 108 valence electrons. The maximum absolute atomic E-state index is 11.1. The minimum absolute atomic E-state index is 0.0812. The lowest BCUT2D eigenvalue weighted by atomic mass is 10.1. The van der Waals surface area contributed by atoms with Gasteiger partial charge in [0, 0.05) is 18.2 Å². The smallest absolute Gasteiger partial charge is 0.239 e. The van der Waals surface area contributed by atoms with E-state index in [9.17, 15) is 8.42 Å². The zero-order chi connectivity index (χ0) is 14.8. The van der Waals surface area contributed by atoms with E-state index in [1.54, 1.807) is 12.1 Å². The van der Waals surface area contributed by atoms with Crippen LogP contribution in [-0.2, 0) is 10.0 Å². The number of aromatic amines is 1. The monoisotopic (exact) mass is 296 g/mol. The maximum atomic E-state index is 11.1. The molecule has 0 fully saturated rings. The molecule has 1 aromatic heterocycles. The molecule has 1 aromatic carbocycles. The van der Waals surface area contributed by atoms with E-state index in [1.165, 1.54) is 12.1 Å². The first-order valence-electron chi connectivity index (χ1n) is 5.91. The molecule has 0 spiro atoms. The molecule has 1 unspecified atom stereocenters. The Morgan fingerprint density at radius 2 is 2.00 bits per heavy atom. The number of nitrogens with zero attached hydrogens (tertiary/aromatic N) is 2. The van der Waals surface area contributed by atoms with Gasteiger partial charge in [-0.3, -0.25) is 5.10 Å². The first-order valence-corrected chi connectivity index (χ1v) is 7.45. The number of anilines is 2. The highest BCUT2D eigenvalue weighted by molar-refractivity contribution is 7.89. The number of nitrogen functional groups attached to an aromatic ring is 1. The zero-order valence-electron chi connectivity index (χ0n) is 10.9. The molecule has 2 rings (SSSR count). The Morgan fingerprint density at radius 3 is 2.50 bits per heavy atom. The minimum Gasteiger partial charge on any atom is -0.384 e. The Kier molecular flexibility index (Phi) is 3.91. The standard InChI is InChI=1S/C11H16N6O2S/c1-7(10-15-11(12)17-16-10)6-14-8-2-4-9(5-3-8)20(13,18)19/h2-5,7,14H,6H2,1H3,(H2,13,18,19)(H3,12,15,16,17). The highest BCUT2D eigenvalue weighted by Crippen LogP contribution is 2.15. The van der Waals surface area contributed by atoms with Gasteiger partial charge < -0.3 is 11.1 Å². The van der Waals surface area contributed by atoms with Gasteiger partial charge in [-0.2, -0.15) is 4.98 Å². The van der Waals surface area contributed by atoms with Crippen LogP contribution in [0.1, 0.15) is 18.7 Å². The summed E-state index contributed by atoms with van der Waals surface area (Å²) in [4.78, 5) is 4.13. The van der Waals surface area contributed by atoms with Crippen molar-refractivity contribution in [3.8, 4) is 0 Å². The van der Waals surface area contributed by atoms with E-state index in [2.05, 4.69) is 20.5 Å². The fourth-order valence-corrected chi connectivity index (χ4v) is 2.15. The second-order valence-electron chi connectivity index (χ2n) is 4.43. The lowest BCUT2D eigenvalue weighted by Gasteiger charge is -2.11. The van der Waals surface area contributed by atoms with E-state index >= 15 is 0 Å². The van der Waals surface area contributed by atoms with E-state index in [0.29, 0.717) is 12.4 Å². The summed E-state index contributed by atoms with van der Waals surface area (Å²) in [5.74, 6) is 0.984. The van der Waals surface area contributed by atoms with Gasteiger partial charge in [0.05, 0.1) is 4.90 Å². The van der Waals surface area contributed by atoms with Crippen LogP contribution in [0.2, 0.25) is 0 Å². The van der Waals surface area contributed by atoms with E-state index in [4.69, 9.17) is 10.9 Å². The predicted octanol–water partition coefficient (Wildman–Crippen LogP) is 0.250. The lowest BCUT2D eigenvalue weighted by molar-refractivity contribution is 0.598. The summed E-state index contributed by atoms with van der Waals surface area (Å²) in [7, 11) is -3.66. The van der Waals surface area contributed by atoms with Gasteiger partial charge in [-0.15, -0.1) is 5.10 Å². The van der Waals surface area contributed by atoms with Gasteiger partial charge in [-0.25, -0.2) is 13.6 Å². The van der Waals surface area contributed by atoms with Crippen molar-refractivity contribution in [1.29, 1.82) is 0 Å². The minimum atomic E-state index is -3.66. The van der Waals surface area contributed by atoms with Crippen molar-refractivity contribution in [2.45, 2.75) is 17.7 Å². The van der Waals surface area contributed by atoms with Crippen LogP contribution in [0.15, 0.2) is 29.2 Å². The number of aromatic nitrogens is 3. The molecule has 0 saturated carbocycles. The van der Waals surface area contributed by atoms with Gasteiger partial charge in [0.15, 0.2) is 0 Å². The molecule has 9 heteroatoms. The first kappa shape index (κ1) is 14.3. The molecule has 0 aliphatic carbocycles. The fraction of sp³-hybridized carbons (Fsp3) is 0.273. The average molecular weight is 296 g/mol. The summed E-state index contributed by atoms with van der Waals surface area (Å²) in [6.45, 7) is 2.56. The summed E-state index contributed by atoms with van der Waals surface area (Å²) in [6, 6.07) is 6.21. The molecule has 1 heterocycles. The third-order valence-corrected chi connectivity index (χ3v) is 3.71. The largest absolute Gasteiger partial charge is 0.384 e. The highest BCUT2D eigenvalue weighted by atomic mass is 32.2. The van der Waals surface area contributed by atoms with Crippen molar-refractivity contribution in [2.75, 3.05) is 17.6 Å². The highest BCUT2D eigenvalue weighted by Gasteiger charge is 2.10. The van der Waals surface area contributed by atoms with Crippen LogP contribution in [-0.4, -0.2) is 30.1 Å². The molecule has 1 atom stereocenters. The number of benzene rings is 1. The van der Waals surface area contributed by atoms with Crippen molar-refractivity contribution in [3.05, 3.63) is 30.1 Å². The number of hydrogen-bond acceptors (Lipinski definition) is 6. The van der Waals surface area contributed by atoms with Gasteiger partial charge in [0.1, 0.15) is 5.82 Å². The molecule has 8 nitrogen and oxygen atoms in total. The van der Waals surface area contributed by atoms with E-state index in [1.807, 2.05) is 6.92 Å². The number of nitrogens with two attached hydrogens (primary N) is 2. The van der Waals surface area contributed by atoms with Crippen molar-refractivity contribution < 1.29 is 8.42 Å². The van der Waals surface area contributed by atoms with Crippen molar-refractivity contribution in [1.82, 2.24) is 15.2 Å². The summed E-state index contributed by atoms with van der Waals surface area (Å²) in [5, 5.41) is 14.7. The molecule has 6 N–H and O–H groups in total. The maximum Gasteiger partial charge on any atom is 0.239 e. The Hall–Kier alpha value is -2.13. The van der Waals surface area contributed by atoms with Crippen LogP contribution in [0.25, 0.3) is 0 Å². The first-order chi connectivity index (χ1) is 9.36. The quantitative estimate of drug-likeness (QED) is 0.623. The van der Waals surface area contributed by atoms with Gasteiger partial charge in [0.25, 0.3) is 0 Å². The summed E-state index contributed by atoms with van der Waals surface area (Å²) >= 11 is 0. The van der Waals surface area contributed by atoms with Crippen molar-refractivity contribution in [2.24, 2.45) is 5.14 Å². The third-order valence-electron chi connectivity index (χ3n) is 2.78. The van der Waals surface area contributed by atoms with Gasteiger partial charge in [-0.05, 0) is 24.3 Å². The van der Waals surface area contributed by atoms with Crippen LogP contribution in [0.5, 0.6) is 0 Å². The topological polar surface area (TPSA) is 140 Å². The predicted molar refractivity (Wildman–Crippen MR) is 75.5 cm³/mol. The van der Waals surface area contributed by atoms with Gasteiger partial charge >= 0.3 is 0 Å². The lowest BCUT2D eigenvalue weighted by Crippen LogP contribution is -2.13. The summed E-state index contributed by atoms with van der Waals surface area (Å²) in [5.41, 5.74) is 6.23. The van der Waals surface area contributed by atoms with E-state index < -0.39 is 10.0 Å². The number of primary sulfonamides is 1. The molecule has 0 bridgehead atoms. The average Bonchev–Trinajstić information content (AvgIpc) is 2.82. The van der Waals surface area contributed by atoms with Crippen LogP contribution < -0.4 is 16.2 Å². The number of hydrogen-bond donors (Lipinski definition) is 4. The number of rotatable bonds is 5. The summed E-state index contributed by atoms with van der Waals surface area (Å²) in [6.07, 6.45) is 0. The second-order valence-corrected chi connectivity index (χ2v) is 5.99. The van der Waals surface area contributed by atoms with Gasteiger partial charge in [-0.1, -0.05) is 6.92 Å². The van der Waals surface area contributed by atoms with E-state index in [-0.39, 0.29) is 16.8 Å². The molecule has 0 radical (unpaired) electrons. The second kappa shape index (κ2) is 5.47. The van der Waals surface area contributed by atoms with Crippen LogP contribution in [0, 0.1) is 0 Å². The molecule has 2 aromatic rings. The molecular formula is C11H16N6O2S. The van der Waals surface area contributed by atoms with Crippen LogP contribution in [0.3, 0.4) is 0 Å². The zero-order valence-corrected chi connectivity index (χ0v) is 11.7. The molecule has 0 aliphatic heterocycles. The molecule has 20 heavy (non-hydrogen) atoms. The fourth-order valence-electron chi connectivity index (χ4n) is 1.64. The Bertz CT molecular complexity index is 679. The van der Waals surface area contributed by atoms with Crippen molar-refractivity contribution in [3.63, 3.8) is 0 Å². The number of nitrogens with one attached hydrogen (secondary N) is 2. The molecule has 0 saturated heterocycles. The summed E-state index contributed by atoms with van der Waals surface area (Å²) < 4.78 is 22.2. The number of sulfonamides is 1.